The van der Waals surface area contributed by atoms with Crippen LogP contribution in [0.3, 0.4) is 0 Å². The van der Waals surface area contributed by atoms with Crippen molar-refractivity contribution in [2.75, 3.05) is 40.5 Å². The SMILES string of the molecule is COCCN(CCOC)Cc1ccccc1[S+](c1ccccc1)c1ccccc1. The molecule has 0 radical (unpaired) electrons. The minimum Gasteiger partial charge on any atom is -0.383 e. The van der Waals surface area contributed by atoms with Crippen LogP contribution in [-0.4, -0.2) is 45.4 Å². The van der Waals surface area contributed by atoms with Crippen LogP contribution in [0.4, 0.5) is 0 Å². The molecule has 3 aromatic carbocycles. The number of methoxy groups -OCH3 is 2. The molecule has 0 amide bonds. The van der Waals surface area contributed by atoms with E-state index in [-0.39, 0.29) is 10.9 Å². The van der Waals surface area contributed by atoms with Crippen LogP contribution in [0.5, 0.6) is 0 Å². The molecule has 3 nitrogen and oxygen atoms in total. The lowest BCUT2D eigenvalue weighted by Gasteiger charge is -2.22. The lowest BCUT2D eigenvalue weighted by Crippen LogP contribution is -2.30. The summed E-state index contributed by atoms with van der Waals surface area (Å²) in [5.41, 5.74) is 1.36. The first kappa shape index (κ1) is 21.6. The molecule has 0 aliphatic heterocycles. The van der Waals surface area contributed by atoms with Crippen molar-refractivity contribution in [2.45, 2.75) is 21.2 Å². The Labute approximate surface area is 177 Å². The molecule has 0 aromatic heterocycles. The zero-order valence-corrected chi connectivity index (χ0v) is 18.1. The third-order valence-corrected chi connectivity index (χ3v) is 7.09. The smallest absolute Gasteiger partial charge is 0.171 e. The molecule has 0 unspecified atom stereocenters. The van der Waals surface area contributed by atoms with E-state index < -0.39 is 0 Å². The predicted molar refractivity (Wildman–Crippen MR) is 121 cm³/mol. The first-order valence-corrected chi connectivity index (χ1v) is 11.2. The van der Waals surface area contributed by atoms with Gasteiger partial charge < -0.3 is 9.47 Å². The number of rotatable bonds is 11. The topological polar surface area (TPSA) is 21.7 Å². The predicted octanol–water partition coefficient (Wildman–Crippen LogP) is 4.88. The van der Waals surface area contributed by atoms with Crippen molar-refractivity contribution in [1.82, 2.24) is 4.90 Å². The quantitative estimate of drug-likeness (QED) is 0.422. The summed E-state index contributed by atoms with van der Waals surface area (Å²) in [6, 6.07) is 30.5. The Morgan fingerprint density at radius 1 is 0.655 bits per heavy atom. The van der Waals surface area contributed by atoms with Crippen LogP contribution in [0.15, 0.2) is 99.6 Å². The summed E-state index contributed by atoms with van der Waals surface area (Å²) >= 11 is 0. The maximum Gasteiger partial charge on any atom is 0.171 e. The molecule has 0 atom stereocenters. The summed E-state index contributed by atoms with van der Waals surface area (Å²) < 4.78 is 10.7. The summed E-state index contributed by atoms with van der Waals surface area (Å²) in [6.07, 6.45) is 0. The van der Waals surface area contributed by atoms with Gasteiger partial charge >= 0.3 is 0 Å². The zero-order valence-electron chi connectivity index (χ0n) is 17.3. The van der Waals surface area contributed by atoms with Crippen LogP contribution >= 0.6 is 0 Å². The van der Waals surface area contributed by atoms with Gasteiger partial charge in [-0.1, -0.05) is 54.6 Å². The molecule has 0 heterocycles. The average molecular weight is 409 g/mol. The molecule has 0 aliphatic rings. The van der Waals surface area contributed by atoms with Crippen LogP contribution in [-0.2, 0) is 26.9 Å². The number of hydrogen-bond acceptors (Lipinski definition) is 3. The van der Waals surface area contributed by atoms with Crippen molar-refractivity contribution >= 4 is 10.9 Å². The van der Waals surface area contributed by atoms with Gasteiger partial charge in [0.15, 0.2) is 14.7 Å². The van der Waals surface area contributed by atoms with Crippen molar-refractivity contribution in [1.29, 1.82) is 0 Å². The van der Waals surface area contributed by atoms with E-state index in [1.165, 1.54) is 20.2 Å². The van der Waals surface area contributed by atoms with Crippen LogP contribution in [0.1, 0.15) is 5.56 Å². The molecule has 0 fully saturated rings. The lowest BCUT2D eigenvalue weighted by atomic mass is 10.2. The normalized spacial score (nSPS) is 11.3. The fourth-order valence-corrected chi connectivity index (χ4v) is 5.54. The highest BCUT2D eigenvalue weighted by Gasteiger charge is 2.31. The van der Waals surface area contributed by atoms with E-state index >= 15 is 0 Å². The highest BCUT2D eigenvalue weighted by atomic mass is 32.2. The molecule has 4 heteroatoms. The van der Waals surface area contributed by atoms with Crippen LogP contribution < -0.4 is 0 Å². The highest BCUT2D eigenvalue weighted by molar-refractivity contribution is 7.97. The molecule has 0 bridgehead atoms. The van der Waals surface area contributed by atoms with E-state index in [0.29, 0.717) is 0 Å². The van der Waals surface area contributed by atoms with Gasteiger partial charge in [0.1, 0.15) is 0 Å². The first-order chi connectivity index (χ1) is 14.3. The van der Waals surface area contributed by atoms with Crippen molar-refractivity contribution in [3.05, 3.63) is 90.5 Å². The number of hydrogen-bond donors (Lipinski definition) is 0. The van der Waals surface area contributed by atoms with Crippen LogP contribution in [0.2, 0.25) is 0 Å². The lowest BCUT2D eigenvalue weighted by molar-refractivity contribution is 0.110. The molecular formula is C25H30NO2S+. The van der Waals surface area contributed by atoms with E-state index in [0.717, 1.165) is 32.8 Å². The number of ether oxygens (including phenoxy) is 2. The van der Waals surface area contributed by atoms with E-state index in [1.807, 2.05) is 0 Å². The van der Waals surface area contributed by atoms with Crippen molar-refractivity contribution < 1.29 is 9.47 Å². The first-order valence-electron chi connectivity index (χ1n) is 9.96. The summed E-state index contributed by atoms with van der Waals surface area (Å²) in [4.78, 5) is 6.46. The number of nitrogens with zero attached hydrogens (tertiary/aromatic N) is 1. The molecule has 0 saturated heterocycles. The van der Waals surface area contributed by atoms with Gasteiger partial charge in [0, 0.05) is 39.4 Å². The van der Waals surface area contributed by atoms with Crippen molar-refractivity contribution in [3.8, 4) is 0 Å². The largest absolute Gasteiger partial charge is 0.383 e. The monoisotopic (exact) mass is 408 g/mol. The molecule has 152 valence electrons. The van der Waals surface area contributed by atoms with Gasteiger partial charge in [-0.3, -0.25) is 4.90 Å². The van der Waals surface area contributed by atoms with Gasteiger partial charge in [0.25, 0.3) is 0 Å². The summed E-state index contributed by atoms with van der Waals surface area (Å²) in [5.74, 6) is 0. The van der Waals surface area contributed by atoms with Gasteiger partial charge in [-0.25, -0.2) is 0 Å². The molecule has 29 heavy (non-hydrogen) atoms. The third kappa shape index (κ3) is 6.18. The Morgan fingerprint density at radius 3 is 1.66 bits per heavy atom. The van der Waals surface area contributed by atoms with E-state index in [1.54, 1.807) is 14.2 Å². The standard InChI is InChI=1S/C25H30NO2S/c1-27-19-17-26(18-20-28-2)21-22-11-9-10-16-25(22)29(23-12-5-3-6-13-23)24-14-7-4-8-15-24/h3-16H,17-21H2,1-2H3/q+1. The molecule has 0 spiro atoms. The molecule has 0 N–H and O–H groups in total. The van der Waals surface area contributed by atoms with Gasteiger partial charge in [0.2, 0.25) is 0 Å². The van der Waals surface area contributed by atoms with Crippen LogP contribution in [0.25, 0.3) is 0 Å². The number of benzene rings is 3. The average Bonchev–Trinajstić information content (AvgIpc) is 2.78. The molecular weight excluding hydrogens is 378 g/mol. The Morgan fingerprint density at radius 2 is 1.14 bits per heavy atom. The molecule has 0 saturated carbocycles. The molecule has 3 rings (SSSR count). The van der Waals surface area contributed by atoms with Gasteiger partial charge in [-0.15, -0.1) is 0 Å². The fourth-order valence-electron chi connectivity index (χ4n) is 3.29. The van der Waals surface area contributed by atoms with Gasteiger partial charge in [0.05, 0.1) is 24.1 Å². The summed E-state index contributed by atoms with van der Waals surface area (Å²) in [7, 11) is 3.37. The minimum absolute atomic E-state index is 0.143. The Kier molecular flexibility index (Phi) is 8.78. The van der Waals surface area contributed by atoms with E-state index in [2.05, 4.69) is 89.8 Å². The zero-order chi connectivity index (χ0) is 20.3. The Bertz CT molecular complexity index is 794. The summed E-state index contributed by atoms with van der Waals surface area (Å²) in [6.45, 7) is 4.09. The highest BCUT2D eigenvalue weighted by Crippen LogP contribution is 2.33. The second-order valence-corrected chi connectivity index (χ2v) is 8.80. The Hall–Kier alpha value is -2.11. The fraction of sp³-hybridized carbons (Fsp3) is 0.280. The van der Waals surface area contributed by atoms with Crippen molar-refractivity contribution in [3.63, 3.8) is 0 Å². The Balaban J connectivity index is 1.97. The minimum atomic E-state index is -0.143. The second kappa shape index (κ2) is 11.8. The maximum atomic E-state index is 5.33. The molecule has 0 aliphatic carbocycles. The summed E-state index contributed by atoms with van der Waals surface area (Å²) in [5, 5.41) is 0. The van der Waals surface area contributed by atoms with Gasteiger partial charge in [-0.2, -0.15) is 0 Å². The third-order valence-electron chi connectivity index (χ3n) is 4.77. The van der Waals surface area contributed by atoms with E-state index in [9.17, 15) is 0 Å². The van der Waals surface area contributed by atoms with Crippen LogP contribution in [0, 0.1) is 0 Å². The van der Waals surface area contributed by atoms with Crippen molar-refractivity contribution in [2.24, 2.45) is 0 Å². The molecule has 3 aromatic rings. The van der Waals surface area contributed by atoms with E-state index in [4.69, 9.17) is 9.47 Å². The van der Waals surface area contributed by atoms with Gasteiger partial charge in [-0.05, 0) is 30.3 Å². The second-order valence-electron chi connectivity index (χ2n) is 6.80. The maximum absolute atomic E-state index is 5.33.